The van der Waals surface area contributed by atoms with Crippen molar-refractivity contribution in [2.75, 3.05) is 12.8 Å². The molecular weight excluding hydrogens is 156 g/mol. The first-order chi connectivity index (χ1) is 5.57. The predicted octanol–water partition coefficient (Wildman–Crippen LogP) is 0.106. The van der Waals surface area contributed by atoms with Crippen molar-refractivity contribution in [3.63, 3.8) is 0 Å². The Bertz CT molecular complexity index is 355. The van der Waals surface area contributed by atoms with E-state index in [0.717, 1.165) is 10.3 Å². The van der Waals surface area contributed by atoms with Crippen molar-refractivity contribution in [2.24, 2.45) is 0 Å². The molecule has 1 heterocycles. The molecule has 0 fully saturated rings. The van der Waals surface area contributed by atoms with Crippen molar-refractivity contribution in [1.82, 2.24) is 4.73 Å². The average Bonchev–Trinajstić information content (AvgIpc) is 2.02. The minimum atomic E-state index is -0.208. The van der Waals surface area contributed by atoms with Crippen LogP contribution in [0.4, 0.5) is 5.82 Å². The van der Waals surface area contributed by atoms with Crippen LogP contribution in [-0.4, -0.2) is 11.8 Å². The molecule has 0 saturated heterocycles. The molecule has 0 spiro atoms. The molecular formula is C8H12N2O2. The highest BCUT2D eigenvalue weighted by Crippen LogP contribution is 2.06. The predicted molar refractivity (Wildman–Crippen MR) is 47.1 cm³/mol. The Morgan fingerprint density at radius 3 is 2.50 bits per heavy atom. The molecule has 0 radical (unpaired) electrons. The molecule has 0 bridgehead atoms. The fraction of sp³-hybridized carbons (Fsp3) is 0.375. The van der Waals surface area contributed by atoms with Crippen molar-refractivity contribution in [2.45, 2.75) is 13.8 Å². The van der Waals surface area contributed by atoms with Crippen LogP contribution in [0.15, 0.2) is 10.9 Å². The molecule has 66 valence electrons. The number of aryl methyl sites for hydroxylation is 2. The second-order valence-corrected chi connectivity index (χ2v) is 2.68. The number of hydrogen-bond acceptors (Lipinski definition) is 3. The first-order valence-corrected chi connectivity index (χ1v) is 3.61. The van der Waals surface area contributed by atoms with E-state index in [-0.39, 0.29) is 5.56 Å². The van der Waals surface area contributed by atoms with Gasteiger partial charge in [-0.2, -0.15) is 0 Å². The molecule has 1 aromatic rings. The molecule has 4 nitrogen and oxygen atoms in total. The van der Waals surface area contributed by atoms with E-state index in [2.05, 4.69) is 0 Å². The average molecular weight is 168 g/mol. The maximum atomic E-state index is 11.3. The summed E-state index contributed by atoms with van der Waals surface area (Å²) in [5.41, 5.74) is 6.86. The highest BCUT2D eigenvalue weighted by Gasteiger charge is 2.06. The Kier molecular flexibility index (Phi) is 2.08. The van der Waals surface area contributed by atoms with Crippen LogP contribution in [0, 0.1) is 13.8 Å². The molecule has 0 aliphatic carbocycles. The maximum Gasteiger partial charge on any atom is 0.287 e. The summed E-state index contributed by atoms with van der Waals surface area (Å²) in [6.07, 6.45) is 0. The zero-order chi connectivity index (χ0) is 9.30. The quantitative estimate of drug-likeness (QED) is 0.647. The highest BCUT2D eigenvalue weighted by atomic mass is 16.7. The third kappa shape index (κ3) is 1.15. The molecule has 1 aromatic heterocycles. The van der Waals surface area contributed by atoms with Crippen LogP contribution < -0.4 is 16.1 Å². The Morgan fingerprint density at radius 2 is 2.00 bits per heavy atom. The number of aromatic nitrogens is 1. The Morgan fingerprint density at radius 1 is 1.42 bits per heavy atom. The van der Waals surface area contributed by atoms with E-state index in [9.17, 15) is 4.79 Å². The lowest BCUT2D eigenvalue weighted by Crippen LogP contribution is -2.29. The third-order valence-corrected chi connectivity index (χ3v) is 1.76. The van der Waals surface area contributed by atoms with Crippen molar-refractivity contribution < 1.29 is 4.84 Å². The van der Waals surface area contributed by atoms with Crippen LogP contribution in [0.25, 0.3) is 0 Å². The summed E-state index contributed by atoms with van der Waals surface area (Å²) in [5.74, 6) is 0.355. The van der Waals surface area contributed by atoms with Crippen LogP contribution in [-0.2, 0) is 0 Å². The molecule has 0 saturated carbocycles. The van der Waals surface area contributed by atoms with Crippen LogP contribution in [0.2, 0.25) is 0 Å². The van der Waals surface area contributed by atoms with Gasteiger partial charge in [0.05, 0.1) is 0 Å². The first-order valence-electron chi connectivity index (χ1n) is 3.61. The number of rotatable bonds is 1. The van der Waals surface area contributed by atoms with Crippen LogP contribution >= 0.6 is 0 Å². The van der Waals surface area contributed by atoms with E-state index >= 15 is 0 Å². The normalized spacial score (nSPS) is 9.92. The lowest BCUT2D eigenvalue weighted by atomic mass is 10.2. The minimum Gasteiger partial charge on any atom is -0.412 e. The number of nitrogen functional groups attached to an aromatic ring is 1. The summed E-state index contributed by atoms with van der Waals surface area (Å²) in [5, 5.41) is 0. The maximum absolute atomic E-state index is 11.3. The summed E-state index contributed by atoms with van der Waals surface area (Å²) in [6.45, 7) is 3.56. The van der Waals surface area contributed by atoms with E-state index in [1.54, 1.807) is 13.0 Å². The van der Waals surface area contributed by atoms with Gasteiger partial charge in [0.25, 0.3) is 5.56 Å². The van der Waals surface area contributed by atoms with Gasteiger partial charge in [0.1, 0.15) is 12.9 Å². The summed E-state index contributed by atoms with van der Waals surface area (Å²) >= 11 is 0. The van der Waals surface area contributed by atoms with Gasteiger partial charge < -0.3 is 10.6 Å². The smallest absolute Gasteiger partial charge is 0.287 e. The van der Waals surface area contributed by atoms with Crippen molar-refractivity contribution in [3.05, 3.63) is 27.5 Å². The topological polar surface area (TPSA) is 57.2 Å². The largest absolute Gasteiger partial charge is 0.412 e. The minimum absolute atomic E-state index is 0.208. The number of anilines is 1. The fourth-order valence-electron chi connectivity index (χ4n) is 1.07. The molecule has 2 N–H and O–H groups in total. The zero-order valence-electron chi connectivity index (χ0n) is 7.42. The molecule has 0 aliphatic rings. The summed E-state index contributed by atoms with van der Waals surface area (Å²) in [7, 11) is 1.41. The summed E-state index contributed by atoms with van der Waals surface area (Å²) in [4.78, 5) is 16.1. The van der Waals surface area contributed by atoms with Gasteiger partial charge in [0, 0.05) is 5.56 Å². The lowest BCUT2D eigenvalue weighted by Gasteiger charge is -2.09. The Labute approximate surface area is 70.5 Å². The molecule has 0 atom stereocenters. The van der Waals surface area contributed by atoms with E-state index in [0.29, 0.717) is 11.4 Å². The van der Waals surface area contributed by atoms with Gasteiger partial charge in [-0.25, -0.2) is 0 Å². The van der Waals surface area contributed by atoms with Gasteiger partial charge >= 0.3 is 0 Å². The highest BCUT2D eigenvalue weighted by molar-refractivity contribution is 5.40. The Balaban J connectivity index is 3.53. The van der Waals surface area contributed by atoms with Crippen LogP contribution in [0.1, 0.15) is 11.1 Å². The Hall–Kier alpha value is -1.45. The van der Waals surface area contributed by atoms with Crippen LogP contribution in [0.3, 0.4) is 0 Å². The molecule has 0 amide bonds. The van der Waals surface area contributed by atoms with Gasteiger partial charge in [0.15, 0.2) is 0 Å². The third-order valence-electron chi connectivity index (χ3n) is 1.76. The molecule has 4 heteroatoms. The summed E-state index contributed by atoms with van der Waals surface area (Å²) in [6, 6.07) is 1.74. The van der Waals surface area contributed by atoms with Gasteiger partial charge in [-0.1, -0.05) is 0 Å². The van der Waals surface area contributed by atoms with E-state index in [1.807, 2.05) is 6.92 Å². The van der Waals surface area contributed by atoms with E-state index < -0.39 is 0 Å². The van der Waals surface area contributed by atoms with E-state index in [1.165, 1.54) is 7.11 Å². The standard InChI is InChI=1S/C8H12N2O2/c1-5-4-6(2)8(11)10(12-3)7(5)9/h4H,9H2,1-3H3. The molecule has 0 aliphatic heterocycles. The first kappa shape index (κ1) is 8.64. The van der Waals surface area contributed by atoms with Gasteiger partial charge in [0.2, 0.25) is 0 Å². The molecule has 12 heavy (non-hydrogen) atoms. The monoisotopic (exact) mass is 168 g/mol. The summed E-state index contributed by atoms with van der Waals surface area (Å²) < 4.78 is 1.09. The lowest BCUT2D eigenvalue weighted by molar-refractivity contribution is 0.162. The second kappa shape index (κ2) is 2.89. The fourth-order valence-corrected chi connectivity index (χ4v) is 1.07. The second-order valence-electron chi connectivity index (χ2n) is 2.68. The van der Waals surface area contributed by atoms with Gasteiger partial charge in [-0.3, -0.25) is 4.79 Å². The zero-order valence-corrected chi connectivity index (χ0v) is 7.42. The number of hydrogen-bond donors (Lipinski definition) is 1. The molecule has 0 aromatic carbocycles. The van der Waals surface area contributed by atoms with E-state index in [4.69, 9.17) is 10.6 Å². The molecule has 1 rings (SSSR count). The van der Waals surface area contributed by atoms with Gasteiger partial charge in [-0.05, 0) is 25.5 Å². The van der Waals surface area contributed by atoms with Gasteiger partial charge in [-0.15, -0.1) is 4.73 Å². The molecule has 0 unspecified atom stereocenters. The number of nitrogens with two attached hydrogens (primary N) is 1. The van der Waals surface area contributed by atoms with Crippen molar-refractivity contribution in [1.29, 1.82) is 0 Å². The SMILES string of the molecule is COn1c(N)c(C)cc(C)c1=O. The number of nitrogens with zero attached hydrogens (tertiary/aromatic N) is 1. The van der Waals surface area contributed by atoms with Crippen LogP contribution in [0.5, 0.6) is 0 Å². The number of pyridine rings is 1. The van der Waals surface area contributed by atoms with Crippen molar-refractivity contribution in [3.8, 4) is 0 Å². The van der Waals surface area contributed by atoms with Crippen molar-refractivity contribution >= 4 is 5.82 Å².